The van der Waals surface area contributed by atoms with Crippen LogP contribution in [0.1, 0.15) is 6.92 Å². The van der Waals surface area contributed by atoms with Crippen molar-refractivity contribution in [1.82, 2.24) is 5.32 Å². The molecule has 4 nitrogen and oxygen atoms in total. The molecule has 0 saturated carbocycles. The topological polar surface area (TPSA) is 55.4 Å². The second-order valence-electron chi connectivity index (χ2n) is 3.98. The van der Waals surface area contributed by atoms with Gasteiger partial charge >= 0.3 is 0 Å². The van der Waals surface area contributed by atoms with Crippen molar-refractivity contribution < 1.29 is 14.3 Å². The summed E-state index contributed by atoms with van der Waals surface area (Å²) >= 11 is 0. The molecule has 0 unspecified atom stereocenters. The third kappa shape index (κ3) is 0.659. The summed E-state index contributed by atoms with van der Waals surface area (Å²) in [5, 5.41) is 2.35. The second-order valence-corrected chi connectivity index (χ2v) is 3.98. The van der Waals surface area contributed by atoms with Crippen molar-refractivity contribution in [3.63, 3.8) is 0 Å². The van der Waals surface area contributed by atoms with Crippen molar-refractivity contribution in [3.05, 3.63) is 12.2 Å². The molecular weight excluding hydrogens is 170 g/mol. The summed E-state index contributed by atoms with van der Waals surface area (Å²) in [7, 11) is 0. The number of imide groups is 1. The zero-order valence-electron chi connectivity index (χ0n) is 7.11. The molecule has 0 radical (unpaired) electrons. The Morgan fingerprint density at radius 3 is 2.92 bits per heavy atom. The van der Waals surface area contributed by atoms with Crippen molar-refractivity contribution in [3.8, 4) is 0 Å². The van der Waals surface area contributed by atoms with Crippen LogP contribution >= 0.6 is 0 Å². The summed E-state index contributed by atoms with van der Waals surface area (Å²) in [4.78, 5) is 22.8. The summed E-state index contributed by atoms with van der Waals surface area (Å²) in [6, 6.07) is 0. The molecule has 2 saturated heterocycles. The van der Waals surface area contributed by atoms with Crippen molar-refractivity contribution in [2.45, 2.75) is 18.6 Å². The fourth-order valence-electron chi connectivity index (χ4n) is 2.58. The van der Waals surface area contributed by atoms with Gasteiger partial charge in [0.15, 0.2) is 0 Å². The van der Waals surface area contributed by atoms with E-state index < -0.39 is 5.60 Å². The molecule has 0 aromatic carbocycles. The average molecular weight is 179 g/mol. The third-order valence-corrected chi connectivity index (χ3v) is 3.17. The van der Waals surface area contributed by atoms with E-state index in [1.165, 1.54) is 0 Å². The molecule has 3 aliphatic rings. The maximum atomic E-state index is 11.4. The molecule has 0 aromatic rings. The monoisotopic (exact) mass is 179 g/mol. The number of fused-ring (bicyclic) bond motifs is 5. The van der Waals surface area contributed by atoms with Gasteiger partial charge in [0.2, 0.25) is 11.8 Å². The average Bonchev–Trinajstić information content (AvgIpc) is 2.62. The molecule has 3 heterocycles. The van der Waals surface area contributed by atoms with E-state index in [-0.39, 0.29) is 29.8 Å². The minimum absolute atomic E-state index is 0.187. The highest BCUT2D eigenvalue weighted by Crippen LogP contribution is 2.48. The molecule has 4 atom stereocenters. The van der Waals surface area contributed by atoms with Gasteiger partial charge in [-0.05, 0) is 6.92 Å². The van der Waals surface area contributed by atoms with E-state index in [1.54, 1.807) is 0 Å². The van der Waals surface area contributed by atoms with Gasteiger partial charge in [0.1, 0.15) is 0 Å². The van der Waals surface area contributed by atoms with Gasteiger partial charge in [-0.25, -0.2) is 0 Å². The highest BCUT2D eigenvalue weighted by atomic mass is 16.5. The molecule has 13 heavy (non-hydrogen) atoms. The zero-order chi connectivity index (χ0) is 9.22. The molecule has 3 rings (SSSR count). The molecular formula is C9H9NO3. The van der Waals surface area contributed by atoms with Crippen LogP contribution in [0, 0.1) is 11.8 Å². The molecule has 2 bridgehead atoms. The summed E-state index contributed by atoms with van der Waals surface area (Å²) < 4.78 is 5.57. The molecule has 4 heteroatoms. The lowest BCUT2D eigenvalue weighted by molar-refractivity contribution is -0.129. The number of hydrogen-bond donors (Lipinski definition) is 1. The molecule has 3 aliphatic heterocycles. The Morgan fingerprint density at radius 2 is 2.23 bits per heavy atom. The lowest BCUT2D eigenvalue weighted by Gasteiger charge is -2.21. The molecule has 68 valence electrons. The second kappa shape index (κ2) is 1.85. The Labute approximate surface area is 74.9 Å². The molecule has 2 amide bonds. The fraction of sp³-hybridized carbons (Fsp3) is 0.556. The number of ether oxygens (including phenoxy) is 1. The first kappa shape index (κ1) is 7.26. The molecule has 1 N–H and O–H groups in total. The predicted molar refractivity (Wildman–Crippen MR) is 42.5 cm³/mol. The predicted octanol–water partition coefficient (Wildman–Crippen LogP) is -0.398. The van der Waals surface area contributed by atoms with Crippen LogP contribution in [0.4, 0.5) is 0 Å². The lowest BCUT2D eigenvalue weighted by Crippen LogP contribution is -2.36. The summed E-state index contributed by atoms with van der Waals surface area (Å²) in [6.45, 7) is 1.85. The first-order chi connectivity index (χ1) is 6.12. The van der Waals surface area contributed by atoms with E-state index in [4.69, 9.17) is 4.74 Å². The van der Waals surface area contributed by atoms with Gasteiger partial charge in [0.25, 0.3) is 0 Å². The number of rotatable bonds is 0. The van der Waals surface area contributed by atoms with E-state index in [1.807, 2.05) is 19.1 Å². The van der Waals surface area contributed by atoms with Crippen LogP contribution in [0.25, 0.3) is 0 Å². The van der Waals surface area contributed by atoms with Crippen LogP contribution in [-0.2, 0) is 14.3 Å². The normalized spacial score (nSPS) is 51.3. The van der Waals surface area contributed by atoms with Crippen LogP contribution in [0.3, 0.4) is 0 Å². The Bertz CT molecular complexity index is 349. The largest absolute Gasteiger partial charge is 0.362 e. The van der Waals surface area contributed by atoms with Gasteiger partial charge in [-0.3, -0.25) is 14.9 Å². The summed E-state index contributed by atoms with van der Waals surface area (Å²) in [5.41, 5.74) is -0.550. The van der Waals surface area contributed by atoms with Crippen molar-refractivity contribution >= 4 is 11.8 Å². The van der Waals surface area contributed by atoms with Crippen LogP contribution in [0.15, 0.2) is 12.2 Å². The first-order valence-corrected chi connectivity index (χ1v) is 4.34. The number of carbonyl (C=O) groups is 2. The molecule has 0 spiro atoms. The van der Waals surface area contributed by atoms with Gasteiger partial charge < -0.3 is 4.74 Å². The number of nitrogens with one attached hydrogen (secondary N) is 1. The van der Waals surface area contributed by atoms with Crippen molar-refractivity contribution in [2.24, 2.45) is 11.8 Å². The lowest BCUT2D eigenvalue weighted by atomic mass is 9.78. The summed E-state index contributed by atoms with van der Waals surface area (Å²) in [5.74, 6) is -0.977. The maximum absolute atomic E-state index is 11.4. The Balaban J connectivity index is 2.13. The van der Waals surface area contributed by atoms with Crippen LogP contribution in [-0.4, -0.2) is 23.5 Å². The minimum Gasteiger partial charge on any atom is -0.362 e. The molecule has 0 aromatic heterocycles. The van der Waals surface area contributed by atoms with Gasteiger partial charge in [-0.2, -0.15) is 0 Å². The van der Waals surface area contributed by atoms with E-state index in [0.29, 0.717) is 0 Å². The Hall–Kier alpha value is -1.16. The highest BCUT2D eigenvalue weighted by molar-refractivity contribution is 6.07. The maximum Gasteiger partial charge on any atom is 0.233 e. The van der Waals surface area contributed by atoms with Crippen LogP contribution in [0.2, 0.25) is 0 Å². The van der Waals surface area contributed by atoms with Crippen LogP contribution in [0.5, 0.6) is 0 Å². The Kier molecular flexibility index (Phi) is 1.03. The standard InChI is InChI=1S/C9H9NO3/c1-9-3-2-4(13-9)5-6(9)8(12)10-7(5)11/h2-6H,1H3,(H,10,11,12)/t4-,5-,6-,9+/m1/s1. The molecule has 2 fully saturated rings. The smallest absolute Gasteiger partial charge is 0.233 e. The van der Waals surface area contributed by atoms with E-state index in [2.05, 4.69) is 5.32 Å². The van der Waals surface area contributed by atoms with Gasteiger partial charge in [0.05, 0.1) is 23.5 Å². The third-order valence-electron chi connectivity index (χ3n) is 3.17. The quantitative estimate of drug-likeness (QED) is 0.406. The van der Waals surface area contributed by atoms with Gasteiger partial charge in [-0.15, -0.1) is 0 Å². The van der Waals surface area contributed by atoms with Gasteiger partial charge in [-0.1, -0.05) is 12.2 Å². The number of hydrogen-bond acceptors (Lipinski definition) is 3. The van der Waals surface area contributed by atoms with Gasteiger partial charge in [0, 0.05) is 0 Å². The first-order valence-electron chi connectivity index (χ1n) is 4.34. The number of carbonyl (C=O) groups excluding carboxylic acids is 2. The van der Waals surface area contributed by atoms with E-state index >= 15 is 0 Å². The minimum atomic E-state index is -0.550. The summed E-state index contributed by atoms with van der Waals surface area (Å²) in [6.07, 6.45) is 3.57. The fourth-order valence-corrected chi connectivity index (χ4v) is 2.58. The zero-order valence-corrected chi connectivity index (χ0v) is 7.11. The van der Waals surface area contributed by atoms with Crippen molar-refractivity contribution in [2.75, 3.05) is 0 Å². The highest BCUT2D eigenvalue weighted by Gasteiger charge is 2.63. The Morgan fingerprint density at radius 1 is 1.46 bits per heavy atom. The van der Waals surface area contributed by atoms with Crippen molar-refractivity contribution in [1.29, 1.82) is 0 Å². The SMILES string of the molecule is C[C@@]12C=C[C@@H](O1)[C@H]1C(=O)NC(=O)[C@@H]12. The molecule has 0 aliphatic carbocycles. The van der Waals surface area contributed by atoms with E-state index in [9.17, 15) is 9.59 Å². The van der Waals surface area contributed by atoms with Crippen LogP contribution < -0.4 is 5.32 Å². The number of amides is 2. The van der Waals surface area contributed by atoms with E-state index in [0.717, 1.165) is 0 Å².